The fraction of sp³-hybridized carbons (Fsp3) is 0.500. The van der Waals surface area contributed by atoms with E-state index < -0.39 is 0 Å². The van der Waals surface area contributed by atoms with Crippen LogP contribution in [0.25, 0.3) is 10.4 Å². The van der Waals surface area contributed by atoms with Crippen LogP contribution in [0.3, 0.4) is 0 Å². The van der Waals surface area contributed by atoms with Gasteiger partial charge in [-0.15, -0.1) is 22.7 Å². The summed E-state index contributed by atoms with van der Waals surface area (Å²) in [5.41, 5.74) is 1.38. The van der Waals surface area contributed by atoms with E-state index >= 15 is 0 Å². The highest BCUT2D eigenvalue weighted by Crippen LogP contribution is 2.39. The highest BCUT2D eigenvalue weighted by Gasteiger charge is 2.32. The lowest BCUT2D eigenvalue weighted by molar-refractivity contribution is 0.536. The van der Waals surface area contributed by atoms with Crippen LogP contribution in [0.2, 0.25) is 0 Å². The standard InChI is InChI=1S/C16H21NS3/c1-18-16(6-2-3-7-16)12-17-10-14-9-13(11-20-14)15-5-4-8-19-15/h4-5,8-9,11,17H,2-3,6-7,10,12H2,1H3. The first-order valence-electron chi connectivity index (χ1n) is 7.18. The zero-order valence-electron chi connectivity index (χ0n) is 11.9. The quantitative estimate of drug-likeness (QED) is 0.780. The van der Waals surface area contributed by atoms with Crippen molar-refractivity contribution in [1.82, 2.24) is 5.32 Å². The Hall–Kier alpha value is -0.290. The summed E-state index contributed by atoms with van der Waals surface area (Å²) in [4.78, 5) is 2.83. The van der Waals surface area contributed by atoms with Crippen LogP contribution in [0.15, 0.2) is 29.0 Å². The minimum absolute atomic E-state index is 0.508. The van der Waals surface area contributed by atoms with Crippen LogP contribution in [0.5, 0.6) is 0 Å². The van der Waals surface area contributed by atoms with E-state index in [4.69, 9.17) is 0 Å². The summed E-state index contributed by atoms with van der Waals surface area (Å²) in [7, 11) is 0. The molecule has 1 aliphatic carbocycles. The van der Waals surface area contributed by atoms with Gasteiger partial charge in [-0.2, -0.15) is 11.8 Å². The van der Waals surface area contributed by atoms with E-state index in [1.54, 1.807) is 0 Å². The number of hydrogen-bond donors (Lipinski definition) is 1. The van der Waals surface area contributed by atoms with Crippen molar-refractivity contribution in [2.75, 3.05) is 12.8 Å². The SMILES string of the molecule is CSC1(CNCc2cc(-c3cccs3)cs2)CCCC1. The number of rotatable bonds is 6. The third-order valence-corrected chi connectivity index (χ3v) is 7.43. The van der Waals surface area contributed by atoms with Gasteiger partial charge in [0.25, 0.3) is 0 Å². The predicted molar refractivity (Wildman–Crippen MR) is 94.1 cm³/mol. The molecule has 2 aromatic heterocycles. The molecule has 1 fully saturated rings. The van der Waals surface area contributed by atoms with Gasteiger partial charge < -0.3 is 5.32 Å². The smallest absolute Gasteiger partial charge is 0.0351 e. The largest absolute Gasteiger partial charge is 0.310 e. The van der Waals surface area contributed by atoms with Crippen LogP contribution in [-0.2, 0) is 6.54 Å². The number of nitrogens with one attached hydrogen (secondary N) is 1. The minimum Gasteiger partial charge on any atom is -0.310 e. The highest BCUT2D eigenvalue weighted by molar-refractivity contribution is 8.00. The van der Waals surface area contributed by atoms with Crippen LogP contribution >= 0.6 is 34.4 Å². The molecule has 0 aromatic carbocycles. The van der Waals surface area contributed by atoms with E-state index in [0.29, 0.717) is 4.75 Å². The van der Waals surface area contributed by atoms with Crippen molar-refractivity contribution < 1.29 is 0 Å². The van der Waals surface area contributed by atoms with Gasteiger partial charge in [0, 0.05) is 33.2 Å². The first-order valence-corrected chi connectivity index (χ1v) is 10.2. The second-order valence-corrected chi connectivity index (χ2v) is 8.69. The topological polar surface area (TPSA) is 12.0 Å². The van der Waals surface area contributed by atoms with Crippen molar-refractivity contribution in [3.05, 3.63) is 33.8 Å². The van der Waals surface area contributed by atoms with Gasteiger partial charge in [0.15, 0.2) is 0 Å². The van der Waals surface area contributed by atoms with E-state index in [-0.39, 0.29) is 0 Å². The number of thioether (sulfide) groups is 1. The average Bonchev–Trinajstić information content (AvgIpc) is 3.21. The molecule has 0 amide bonds. The molecular formula is C16H21NS3. The van der Waals surface area contributed by atoms with Crippen LogP contribution in [0.1, 0.15) is 30.6 Å². The Kier molecular flexibility index (Phi) is 4.87. The van der Waals surface area contributed by atoms with Gasteiger partial charge in [-0.3, -0.25) is 0 Å². The summed E-state index contributed by atoms with van der Waals surface area (Å²) in [5, 5.41) is 8.11. The highest BCUT2D eigenvalue weighted by atomic mass is 32.2. The third kappa shape index (κ3) is 3.30. The molecule has 0 atom stereocenters. The van der Waals surface area contributed by atoms with E-state index in [9.17, 15) is 0 Å². The first-order chi connectivity index (χ1) is 9.81. The fourth-order valence-electron chi connectivity index (χ4n) is 2.93. The van der Waals surface area contributed by atoms with Gasteiger partial charge in [-0.25, -0.2) is 0 Å². The molecule has 20 heavy (non-hydrogen) atoms. The van der Waals surface area contributed by atoms with Crippen LogP contribution in [0, 0.1) is 0 Å². The monoisotopic (exact) mass is 323 g/mol. The lowest BCUT2D eigenvalue weighted by Gasteiger charge is -2.26. The Balaban J connectivity index is 1.54. The number of hydrogen-bond acceptors (Lipinski definition) is 4. The summed E-state index contributed by atoms with van der Waals surface area (Å²) in [5.74, 6) is 0. The normalized spacial score (nSPS) is 17.6. The van der Waals surface area contributed by atoms with Crippen LogP contribution < -0.4 is 5.32 Å². The van der Waals surface area contributed by atoms with Gasteiger partial charge in [-0.05, 0) is 42.0 Å². The molecule has 1 N–H and O–H groups in total. The third-order valence-electron chi connectivity index (χ3n) is 4.15. The van der Waals surface area contributed by atoms with Crippen LogP contribution in [0.4, 0.5) is 0 Å². The van der Waals surface area contributed by atoms with Crippen molar-refractivity contribution in [3.63, 3.8) is 0 Å². The molecular weight excluding hydrogens is 302 g/mol. The van der Waals surface area contributed by atoms with Crippen molar-refractivity contribution in [1.29, 1.82) is 0 Å². The predicted octanol–water partition coefficient (Wildman–Crippen LogP) is 5.24. The summed E-state index contributed by atoms with van der Waals surface area (Å²) in [6.45, 7) is 2.17. The maximum atomic E-state index is 3.69. The van der Waals surface area contributed by atoms with Gasteiger partial charge in [-0.1, -0.05) is 18.9 Å². The zero-order valence-corrected chi connectivity index (χ0v) is 14.3. The van der Waals surface area contributed by atoms with Gasteiger partial charge in [0.2, 0.25) is 0 Å². The fourth-order valence-corrected chi connectivity index (χ4v) is 5.52. The van der Waals surface area contributed by atoms with E-state index in [2.05, 4.69) is 52.3 Å². The second kappa shape index (κ2) is 6.65. The lowest BCUT2D eigenvalue weighted by Crippen LogP contribution is -2.34. The van der Waals surface area contributed by atoms with Gasteiger partial charge in [0.1, 0.15) is 0 Å². The Morgan fingerprint density at radius 1 is 1.30 bits per heavy atom. The zero-order chi connectivity index (χ0) is 13.8. The summed E-state index contributed by atoms with van der Waals surface area (Å²) in [6, 6.07) is 6.66. The summed E-state index contributed by atoms with van der Waals surface area (Å²) < 4.78 is 0.508. The molecule has 2 heterocycles. The molecule has 0 radical (unpaired) electrons. The molecule has 0 saturated heterocycles. The Morgan fingerprint density at radius 2 is 2.15 bits per heavy atom. The minimum atomic E-state index is 0.508. The van der Waals surface area contributed by atoms with Gasteiger partial charge >= 0.3 is 0 Å². The molecule has 3 rings (SSSR count). The molecule has 1 aliphatic rings. The lowest BCUT2D eigenvalue weighted by atomic mass is 10.1. The van der Waals surface area contributed by atoms with Crippen LogP contribution in [-0.4, -0.2) is 17.5 Å². The molecule has 1 nitrogen and oxygen atoms in total. The molecule has 0 bridgehead atoms. The Morgan fingerprint density at radius 3 is 2.85 bits per heavy atom. The summed E-state index contributed by atoms with van der Waals surface area (Å²) >= 11 is 5.75. The van der Waals surface area contributed by atoms with Crippen molar-refractivity contribution in [2.45, 2.75) is 37.0 Å². The molecule has 0 unspecified atom stereocenters. The van der Waals surface area contributed by atoms with Crippen molar-refractivity contribution in [3.8, 4) is 10.4 Å². The Bertz CT molecular complexity index is 524. The van der Waals surface area contributed by atoms with Gasteiger partial charge in [0.05, 0.1) is 0 Å². The van der Waals surface area contributed by atoms with E-state index in [1.807, 2.05) is 22.7 Å². The molecule has 0 spiro atoms. The molecule has 2 aromatic rings. The average molecular weight is 324 g/mol. The number of thiophene rings is 2. The maximum Gasteiger partial charge on any atom is 0.0351 e. The molecule has 0 aliphatic heterocycles. The molecule has 1 saturated carbocycles. The second-order valence-electron chi connectivity index (χ2n) is 5.48. The van der Waals surface area contributed by atoms with E-state index in [1.165, 1.54) is 41.0 Å². The van der Waals surface area contributed by atoms with E-state index in [0.717, 1.165) is 13.1 Å². The first kappa shape index (κ1) is 14.6. The van der Waals surface area contributed by atoms with Crippen molar-refractivity contribution in [2.24, 2.45) is 0 Å². The summed E-state index contributed by atoms with van der Waals surface area (Å²) in [6.07, 6.45) is 7.85. The molecule has 4 heteroatoms. The Labute approximate surface area is 133 Å². The molecule has 108 valence electrons. The van der Waals surface area contributed by atoms with Crippen molar-refractivity contribution >= 4 is 34.4 Å². The maximum absolute atomic E-state index is 3.69.